The number of amides is 1. The Hall–Kier alpha value is -4.59. The maximum atomic E-state index is 13.5. The van der Waals surface area contributed by atoms with Crippen molar-refractivity contribution in [2.45, 2.75) is 19.5 Å². The van der Waals surface area contributed by atoms with E-state index in [-0.39, 0.29) is 37.0 Å². The summed E-state index contributed by atoms with van der Waals surface area (Å²) >= 11 is 0. The number of nitrogen functional groups attached to an aromatic ring is 1. The van der Waals surface area contributed by atoms with E-state index in [9.17, 15) is 14.4 Å². The van der Waals surface area contributed by atoms with Gasteiger partial charge in [-0.2, -0.15) is 0 Å². The van der Waals surface area contributed by atoms with Gasteiger partial charge in [-0.25, -0.2) is 4.79 Å². The van der Waals surface area contributed by atoms with Crippen LogP contribution < -0.4 is 26.8 Å². The van der Waals surface area contributed by atoms with Crippen LogP contribution in [0, 0.1) is 0 Å². The van der Waals surface area contributed by atoms with Crippen molar-refractivity contribution in [1.29, 1.82) is 0 Å². The normalized spacial score (nSPS) is 12.4. The molecule has 1 amide bonds. The van der Waals surface area contributed by atoms with Crippen LogP contribution >= 0.6 is 0 Å². The Kier molecular flexibility index (Phi) is 6.40. The Morgan fingerprint density at radius 2 is 1.53 bits per heavy atom. The number of nitrogens with two attached hydrogens (primary N) is 1. The van der Waals surface area contributed by atoms with E-state index in [1.54, 1.807) is 9.80 Å². The molecular weight excluding hydrogens is 454 g/mol. The number of hydrogen-bond donors (Lipinski definition) is 2. The molecular formula is C28H27N5O3. The summed E-state index contributed by atoms with van der Waals surface area (Å²) in [5, 5.41) is 0. The molecule has 0 saturated carbocycles. The first kappa shape index (κ1) is 23.2. The van der Waals surface area contributed by atoms with E-state index in [4.69, 9.17) is 5.73 Å². The van der Waals surface area contributed by atoms with E-state index in [0.717, 1.165) is 28.8 Å². The van der Waals surface area contributed by atoms with Crippen LogP contribution in [0.1, 0.15) is 16.7 Å². The maximum Gasteiger partial charge on any atom is 0.330 e. The molecule has 0 fully saturated rings. The molecule has 0 bridgehead atoms. The van der Waals surface area contributed by atoms with Gasteiger partial charge < -0.3 is 15.5 Å². The topological polar surface area (TPSA) is 104 Å². The highest BCUT2D eigenvalue weighted by Crippen LogP contribution is 2.28. The molecule has 1 aliphatic heterocycles. The fourth-order valence-corrected chi connectivity index (χ4v) is 4.67. The van der Waals surface area contributed by atoms with Gasteiger partial charge >= 0.3 is 5.69 Å². The molecule has 0 spiro atoms. The van der Waals surface area contributed by atoms with Crippen LogP contribution in [-0.2, 0) is 24.3 Å². The molecule has 0 unspecified atom stereocenters. The number of benzene rings is 3. The van der Waals surface area contributed by atoms with E-state index < -0.39 is 11.2 Å². The first-order chi connectivity index (χ1) is 17.5. The van der Waals surface area contributed by atoms with E-state index in [0.29, 0.717) is 6.54 Å². The molecule has 3 N–H and O–H groups in total. The lowest BCUT2D eigenvalue weighted by molar-refractivity contribution is -0.117. The third-order valence-corrected chi connectivity index (χ3v) is 6.44. The number of para-hydroxylation sites is 1. The molecule has 1 aromatic heterocycles. The second-order valence-electron chi connectivity index (χ2n) is 8.83. The second kappa shape index (κ2) is 9.95. The lowest BCUT2D eigenvalue weighted by Gasteiger charge is -2.28. The summed E-state index contributed by atoms with van der Waals surface area (Å²) in [5.74, 6) is -0.117. The molecule has 0 saturated heterocycles. The van der Waals surface area contributed by atoms with Crippen LogP contribution in [0.4, 0.5) is 17.2 Å². The van der Waals surface area contributed by atoms with Crippen molar-refractivity contribution in [2.75, 3.05) is 28.6 Å². The first-order valence-electron chi connectivity index (χ1n) is 11.8. The highest BCUT2D eigenvalue weighted by atomic mass is 16.2. The van der Waals surface area contributed by atoms with Crippen molar-refractivity contribution in [1.82, 2.24) is 9.55 Å². The fraction of sp³-hybridized carbons (Fsp3) is 0.179. The Bertz CT molecular complexity index is 1500. The van der Waals surface area contributed by atoms with E-state index >= 15 is 0 Å². The summed E-state index contributed by atoms with van der Waals surface area (Å²) in [7, 11) is 0. The van der Waals surface area contributed by atoms with Gasteiger partial charge in [-0.15, -0.1) is 0 Å². The summed E-state index contributed by atoms with van der Waals surface area (Å²) < 4.78 is 1.33. The second-order valence-corrected chi connectivity index (χ2v) is 8.83. The molecule has 0 aliphatic carbocycles. The van der Waals surface area contributed by atoms with Gasteiger partial charge in [0, 0.05) is 18.8 Å². The zero-order valence-electron chi connectivity index (χ0n) is 19.8. The van der Waals surface area contributed by atoms with Crippen molar-refractivity contribution in [2.24, 2.45) is 0 Å². The summed E-state index contributed by atoms with van der Waals surface area (Å²) in [4.78, 5) is 45.1. The van der Waals surface area contributed by atoms with Crippen LogP contribution in [0.25, 0.3) is 0 Å². The quantitative estimate of drug-likeness (QED) is 0.422. The lowest BCUT2D eigenvalue weighted by Crippen LogP contribution is -2.44. The third kappa shape index (κ3) is 4.65. The van der Waals surface area contributed by atoms with Crippen molar-refractivity contribution >= 4 is 23.1 Å². The van der Waals surface area contributed by atoms with Crippen molar-refractivity contribution in [3.05, 3.63) is 122 Å². The predicted octanol–water partition coefficient (Wildman–Crippen LogP) is 2.76. The SMILES string of the molecule is Nc1c(N(CC(=O)N2CCc3ccccc32)Cc2ccccc2)c(=O)[nH]c(=O)n1Cc1ccccc1. The predicted molar refractivity (Wildman–Crippen MR) is 141 cm³/mol. The van der Waals surface area contributed by atoms with Crippen LogP contribution in [0.3, 0.4) is 0 Å². The number of fused-ring (bicyclic) bond motifs is 1. The number of nitrogens with zero attached hydrogens (tertiary/aromatic N) is 3. The average molecular weight is 482 g/mol. The summed E-state index contributed by atoms with van der Waals surface area (Å²) in [6, 6.07) is 26.8. The number of anilines is 3. The lowest BCUT2D eigenvalue weighted by atomic mass is 10.2. The van der Waals surface area contributed by atoms with Gasteiger partial charge in [-0.1, -0.05) is 78.9 Å². The Labute approximate surface area is 208 Å². The van der Waals surface area contributed by atoms with Gasteiger partial charge in [0.15, 0.2) is 0 Å². The molecule has 182 valence electrons. The molecule has 8 heteroatoms. The van der Waals surface area contributed by atoms with Crippen molar-refractivity contribution < 1.29 is 4.79 Å². The minimum atomic E-state index is -0.618. The number of nitrogens with one attached hydrogen (secondary N) is 1. The maximum absolute atomic E-state index is 13.5. The van der Waals surface area contributed by atoms with Crippen molar-refractivity contribution in [3.63, 3.8) is 0 Å². The molecule has 0 radical (unpaired) electrons. The van der Waals surface area contributed by atoms with Gasteiger partial charge in [0.05, 0.1) is 13.1 Å². The smallest absolute Gasteiger partial charge is 0.330 e. The van der Waals surface area contributed by atoms with E-state index in [1.807, 2.05) is 84.9 Å². The fourth-order valence-electron chi connectivity index (χ4n) is 4.67. The molecule has 36 heavy (non-hydrogen) atoms. The molecule has 1 aliphatic rings. The van der Waals surface area contributed by atoms with Gasteiger partial charge in [0.1, 0.15) is 11.5 Å². The standard InChI is InChI=1S/C28H27N5O3/c29-26-25(27(35)30-28(36)33(26)18-21-11-5-2-6-12-21)31(17-20-9-3-1-4-10-20)19-24(34)32-16-15-22-13-7-8-14-23(22)32/h1-14H,15-19,29H2,(H,30,35,36). The molecule has 2 heterocycles. The highest BCUT2D eigenvalue weighted by molar-refractivity contribution is 5.98. The molecule has 3 aromatic carbocycles. The first-order valence-corrected chi connectivity index (χ1v) is 11.8. The van der Waals surface area contributed by atoms with Gasteiger partial charge in [-0.05, 0) is 29.2 Å². The van der Waals surface area contributed by atoms with Crippen LogP contribution in [0.5, 0.6) is 0 Å². The van der Waals surface area contributed by atoms with Gasteiger partial charge in [-0.3, -0.25) is 19.1 Å². The Morgan fingerprint density at radius 3 is 2.25 bits per heavy atom. The number of rotatable bonds is 7. The molecule has 4 aromatic rings. The third-order valence-electron chi connectivity index (χ3n) is 6.44. The largest absolute Gasteiger partial charge is 0.383 e. The summed E-state index contributed by atoms with van der Waals surface area (Å²) in [5.41, 5.74) is 9.15. The zero-order chi connectivity index (χ0) is 25.1. The summed E-state index contributed by atoms with van der Waals surface area (Å²) in [6.07, 6.45) is 0.783. The molecule has 8 nitrogen and oxygen atoms in total. The summed E-state index contributed by atoms with van der Waals surface area (Å²) in [6.45, 7) is 0.984. The highest BCUT2D eigenvalue weighted by Gasteiger charge is 2.28. The monoisotopic (exact) mass is 481 g/mol. The zero-order valence-corrected chi connectivity index (χ0v) is 19.8. The number of H-pyrrole nitrogens is 1. The van der Waals surface area contributed by atoms with Crippen LogP contribution in [-0.4, -0.2) is 28.5 Å². The van der Waals surface area contributed by atoms with Crippen LogP contribution in [0.15, 0.2) is 94.5 Å². The molecule has 0 atom stereocenters. The minimum absolute atomic E-state index is 0.0261. The molecule has 5 rings (SSSR count). The number of hydrogen-bond acceptors (Lipinski definition) is 5. The van der Waals surface area contributed by atoms with E-state index in [1.165, 1.54) is 4.57 Å². The van der Waals surface area contributed by atoms with Gasteiger partial charge in [0.25, 0.3) is 5.56 Å². The van der Waals surface area contributed by atoms with Crippen LogP contribution in [0.2, 0.25) is 0 Å². The van der Waals surface area contributed by atoms with E-state index in [2.05, 4.69) is 4.98 Å². The van der Waals surface area contributed by atoms with Gasteiger partial charge in [0.2, 0.25) is 5.91 Å². The Balaban J connectivity index is 1.53. The number of aromatic amines is 1. The number of carbonyl (C=O) groups excluding carboxylic acids is 1. The average Bonchev–Trinajstić information content (AvgIpc) is 3.32. The van der Waals surface area contributed by atoms with Crippen molar-refractivity contribution in [3.8, 4) is 0 Å². The minimum Gasteiger partial charge on any atom is -0.383 e. The number of carbonyl (C=O) groups is 1. The number of aromatic nitrogens is 2. The Morgan fingerprint density at radius 1 is 0.889 bits per heavy atom.